The fourth-order valence-electron chi connectivity index (χ4n) is 2.08. The van der Waals surface area contributed by atoms with E-state index in [0.29, 0.717) is 18.2 Å². The SMILES string of the molecule is C=CCOc1ccc(CN(C)C(=O)c2cc(Cl)ccc2O)cc1. The second-order valence-corrected chi connectivity index (χ2v) is 5.50. The Morgan fingerprint density at radius 1 is 1.30 bits per heavy atom. The van der Waals surface area contributed by atoms with Gasteiger partial charge in [-0.2, -0.15) is 0 Å². The smallest absolute Gasteiger partial charge is 0.257 e. The molecule has 23 heavy (non-hydrogen) atoms. The predicted octanol–water partition coefficient (Wildman–Crippen LogP) is 3.88. The Bertz CT molecular complexity index is 698. The number of hydrogen-bond donors (Lipinski definition) is 1. The van der Waals surface area contributed by atoms with Crippen LogP contribution < -0.4 is 4.74 Å². The number of aromatic hydroxyl groups is 1. The van der Waals surface area contributed by atoms with Gasteiger partial charge < -0.3 is 14.7 Å². The molecule has 0 radical (unpaired) electrons. The number of amides is 1. The molecule has 4 nitrogen and oxygen atoms in total. The summed E-state index contributed by atoms with van der Waals surface area (Å²) in [5.74, 6) is 0.367. The molecule has 0 heterocycles. The predicted molar refractivity (Wildman–Crippen MR) is 91.0 cm³/mol. The van der Waals surface area contributed by atoms with Gasteiger partial charge in [-0.3, -0.25) is 4.79 Å². The highest BCUT2D eigenvalue weighted by molar-refractivity contribution is 6.31. The monoisotopic (exact) mass is 331 g/mol. The van der Waals surface area contributed by atoms with Gasteiger partial charge in [0.05, 0.1) is 5.56 Å². The van der Waals surface area contributed by atoms with Gasteiger partial charge in [0.25, 0.3) is 5.91 Å². The highest BCUT2D eigenvalue weighted by Gasteiger charge is 2.16. The summed E-state index contributed by atoms with van der Waals surface area (Å²) in [5, 5.41) is 10.2. The van der Waals surface area contributed by atoms with Crippen LogP contribution in [0.2, 0.25) is 5.02 Å². The topological polar surface area (TPSA) is 49.8 Å². The number of ether oxygens (including phenoxy) is 1. The summed E-state index contributed by atoms with van der Waals surface area (Å²) in [6.07, 6.45) is 1.68. The van der Waals surface area contributed by atoms with Crippen LogP contribution in [0.1, 0.15) is 15.9 Å². The van der Waals surface area contributed by atoms with E-state index in [1.54, 1.807) is 13.1 Å². The third-order valence-corrected chi connectivity index (χ3v) is 3.48. The average Bonchev–Trinajstić information content (AvgIpc) is 2.55. The molecule has 0 saturated carbocycles. The summed E-state index contributed by atoms with van der Waals surface area (Å²) in [5.41, 5.74) is 1.14. The maximum atomic E-state index is 12.4. The summed E-state index contributed by atoms with van der Waals surface area (Å²) < 4.78 is 5.41. The molecule has 0 unspecified atom stereocenters. The van der Waals surface area contributed by atoms with Crippen LogP contribution in [0.5, 0.6) is 11.5 Å². The van der Waals surface area contributed by atoms with E-state index in [9.17, 15) is 9.90 Å². The Hall–Kier alpha value is -2.46. The second-order valence-electron chi connectivity index (χ2n) is 5.07. The third kappa shape index (κ3) is 4.50. The van der Waals surface area contributed by atoms with Gasteiger partial charge in [-0.25, -0.2) is 0 Å². The molecule has 0 aliphatic carbocycles. The third-order valence-electron chi connectivity index (χ3n) is 3.25. The molecular formula is C18H18ClNO3. The minimum absolute atomic E-state index is 0.0839. The quantitative estimate of drug-likeness (QED) is 0.817. The first kappa shape index (κ1) is 16.9. The van der Waals surface area contributed by atoms with Gasteiger partial charge in [0, 0.05) is 18.6 Å². The van der Waals surface area contributed by atoms with Gasteiger partial charge in [-0.15, -0.1) is 0 Å². The molecule has 0 atom stereocenters. The number of carbonyl (C=O) groups excluding carboxylic acids is 1. The van der Waals surface area contributed by atoms with Crippen LogP contribution in [-0.2, 0) is 6.54 Å². The van der Waals surface area contributed by atoms with E-state index in [-0.39, 0.29) is 17.2 Å². The molecule has 0 aliphatic heterocycles. The van der Waals surface area contributed by atoms with E-state index in [4.69, 9.17) is 16.3 Å². The molecule has 5 heteroatoms. The number of benzene rings is 2. The van der Waals surface area contributed by atoms with Crippen LogP contribution in [0.4, 0.5) is 0 Å². The molecule has 2 aromatic carbocycles. The van der Waals surface area contributed by atoms with E-state index < -0.39 is 0 Å². The van der Waals surface area contributed by atoms with Crippen LogP contribution in [0.15, 0.2) is 55.1 Å². The van der Waals surface area contributed by atoms with E-state index in [1.807, 2.05) is 24.3 Å². The van der Waals surface area contributed by atoms with Crippen molar-refractivity contribution in [1.29, 1.82) is 0 Å². The highest BCUT2D eigenvalue weighted by Crippen LogP contribution is 2.23. The zero-order valence-electron chi connectivity index (χ0n) is 12.8. The zero-order chi connectivity index (χ0) is 16.8. The van der Waals surface area contributed by atoms with E-state index >= 15 is 0 Å². The normalized spacial score (nSPS) is 10.2. The maximum Gasteiger partial charge on any atom is 0.257 e. The molecule has 0 bridgehead atoms. The van der Waals surface area contributed by atoms with Crippen LogP contribution >= 0.6 is 11.6 Å². The minimum atomic E-state index is -0.294. The highest BCUT2D eigenvalue weighted by atomic mass is 35.5. The minimum Gasteiger partial charge on any atom is -0.507 e. The second kappa shape index (κ2) is 7.70. The lowest BCUT2D eigenvalue weighted by Gasteiger charge is -2.18. The first-order chi connectivity index (χ1) is 11.0. The van der Waals surface area contributed by atoms with Gasteiger partial charge in [0.2, 0.25) is 0 Å². The van der Waals surface area contributed by atoms with Crippen LogP contribution in [0.25, 0.3) is 0 Å². The standard InChI is InChI=1S/C18H18ClNO3/c1-3-10-23-15-7-4-13(5-8-15)12-20(2)18(22)16-11-14(19)6-9-17(16)21/h3-9,11,21H,1,10,12H2,2H3. The van der Waals surface area contributed by atoms with Crippen LogP contribution in [0, 0.1) is 0 Å². The Morgan fingerprint density at radius 3 is 2.65 bits per heavy atom. The van der Waals surface area contributed by atoms with Crippen molar-refractivity contribution in [3.63, 3.8) is 0 Å². The number of phenolic OH excluding ortho intramolecular Hbond substituents is 1. The zero-order valence-corrected chi connectivity index (χ0v) is 13.6. The molecule has 0 aliphatic rings. The Kier molecular flexibility index (Phi) is 5.66. The number of carbonyl (C=O) groups is 1. The fourth-order valence-corrected chi connectivity index (χ4v) is 2.25. The van der Waals surface area contributed by atoms with Crippen molar-refractivity contribution in [3.05, 3.63) is 71.3 Å². The van der Waals surface area contributed by atoms with Gasteiger partial charge in [0.1, 0.15) is 18.1 Å². The summed E-state index contributed by atoms with van der Waals surface area (Å²) in [4.78, 5) is 13.9. The Morgan fingerprint density at radius 2 is 2.00 bits per heavy atom. The summed E-state index contributed by atoms with van der Waals surface area (Å²) >= 11 is 5.88. The average molecular weight is 332 g/mol. The lowest BCUT2D eigenvalue weighted by atomic mass is 10.1. The number of halogens is 1. The van der Waals surface area contributed by atoms with Crippen LogP contribution in [0.3, 0.4) is 0 Å². The van der Waals surface area contributed by atoms with Crippen molar-refractivity contribution in [2.45, 2.75) is 6.54 Å². The van der Waals surface area contributed by atoms with Crippen molar-refractivity contribution >= 4 is 17.5 Å². The molecule has 2 aromatic rings. The Labute approximate surface area is 140 Å². The summed E-state index contributed by atoms with van der Waals surface area (Å²) in [6, 6.07) is 11.9. The van der Waals surface area contributed by atoms with Gasteiger partial charge >= 0.3 is 0 Å². The van der Waals surface area contributed by atoms with Crippen LogP contribution in [-0.4, -0.2) is 29.6 Å². The van der Waals surface area contributed by atoms with E-state index in [1.165, 1.54) is 23.1 Å². The molecule has 0 saturated heterocycles. The lowest BCUT2D eigenvalue weighted by Crippen LogP contribution is -2.26. The van der Waals surface area contributed by atoms with Gasteiger partial charge in [-0.05, 0) is 35.9 Å². The van der Waals surface area contributed by atoms with E-state index in [0.717, 1.165) is 11.3 Å². The number of phenols is 1. The molecule has 120 valence electrons. The fraction of sp³-hybridized carbons (Fsp3) is 0.167. The molecule has 0 spiro atoms. The first-order valence-electron chi connectivity index (χ1n) is 7.08. The maximum absolute atomic E-state index is 12.4. The summed E-state index contributed by atoms with van der Waals surface area (Å²) in [7, 11) is 1.67. The Balaban J connectivity index is 2.06. The number of rotatable bonds is 6. The molecule has 1 amide bonds. The van der Waals surface area contributed by atoms with E-state index in [2.05, 4.69) is 6.58 Å². The molecule has 0 aromatic heterocycles. The van der Waals surface area contributed by atoms with Crippen molar-refractivity contribution in [2.75, 3.05) is 13.7 Å². The largest absolute Gasteiger partial charge is 0.507 e. The van der Waals surface area contributed by atoms with Crippen molar-refractivity contribution in [1.82, 2.24) is 4.90 Å². The van der Waals surface area contributed by atoms with Crippen molar-refractivity contribution in [3.8, 4) is 11.5 Å². The number of hydrogen-bond acceptors (Lipinski definition) is 3. The molecule has 2 rings (SSSR count). The molecular weight excluding hydrogens is 314 g/mol. The first-order valence-corrected chi connectivity index (χ1v) is 7.45. The molecule has 0 fully saturated rings. The number of nitrogens with zero attached hydrogens (tertiary/aromatic N) is 1. The van der Waals surface area contributed by atoms with Gasteiger partial charge in [0.15, 0.2) is 0 Å². The summed E-state index contributed by atoms with van der Waals surface area (Å²) in [6.45, 7) is 4.45. The van der Waals surface area contributed by atoms with Crippen molar-refractivity contribution < 1.29 is 14.6 Å². The van der Waals surface area contributed by atoms with Crippen molar-refractivity contribution in [2.24, 2.45) is 0 Å². The van der Waals surface area contributed by atoms with Gasteiger partial charge in [-0.1, -0.05) is 36.4 Å². The lowest BCUT2D eigenvalue weighted by molar-refractivity contribution is 0.0782. The molecule has 1 N–H and O–H groups in total.